The normalized spacial score (nSPS) is 11.3. The lowest BCUT2D eigenvalue weighted by atomic mass is 10.2. The average molecular weight is 501 g/mol. The molecule has 0 aliphatic rings. The topological polar surface area (TPSA) is 116 Å². The highest BCUT2D eigenvalue weighted by Crippen LogP contribution is 2.31. The number of carboxylic acids is 1. The number of aliphatic carboxylic acids is 1. The fraction of sp³-hybridized carbons (Fsp3) is 0.0455. The maximum Gasteiger partial charge on any atom is 0.324 e. The van der Waals surface area contributed by atoms with Gasteiger partial charge in [-0.1, -0.05) is 29.3 Å². The van der Waals surface area contributed by atoms with Crippen molar-refractivity contribution < 1.29 is 18.3 Å². The zero-order valence-electron chi connectivity index (χ0n) is 16.7. The van der Waals surface area contributed by atoms with E-state index < -0.39 is 22.5 Å². The number of benzene rings is 2. The van der Waals surface area contributed by atoms with Crippen molar-refractivity contribution in [3.05, 3.63) is 82.6 Å². The first-order valence-corrected chi connectivity index (χ1v) is 11.6. The summed E-state index contributed by atoms with van der Waals surface area (Å²) in [5.74, 6) is -0.817. The number of sulfonamides is 1. The molecule has 0 atom stereocenters. The Bertz CT molecular complexity index is 1520. The number of anilines is 1. The van der Waals surface area contributed by atoms with Crippen molar-refractivity contribution in [2.24, 2.45) is 0 Å². The average Bonchev–Trinajstić information content (AvgIpc) is 3.20. The first kappa shape index (κ1) is 22.6. The molecule has 0 bridgehead atoms. The predicted molar refractivity (Wildman–Crippen MR) is 124 cm³/mol. The van der Waals surface area contributed by atoms with Crippen LogP contribution in [0.5, 0.6) is 0 Å². The van der Waals surface area contributed by atoms with Gasteiger partial charge in [0, 0.05) is 21.6 Å². The lowest BCUT2D eigenvalue weighted by Crippen LogP contribution is -2.35. The number of hydrogen-bond acceptors (Lipinski definition) is 5. The standard InChI is InChI=1S/C22H14Cl2N4O4S/c23-15-9-16(24)11-19(10-15)33(31,32)28(13-22(29)30)18-4-5-20-14(8-18)6-7-27(20)21-3-1-2-17(12-25)26-21/h1-11H,13H2,(H,29,30). The molecule has 0 amide bonds. The number of halogens is 2. The quantitative estimate of drug-likeness (QED) is 0.416. The molecule has 2 aromatic carbocycles. The molecule has 4 aromatic rings. The van der Waals surface area contributed by atoms with E-state index in [2.05, 4.69) is 4.98 Å². The van der Waals surface area contributed by atoms with E-state index in [0.29, 0.717) is 16.7 Å². The monoisotopic (exact) mass is 500 g/mol. The molecule has 4 rings (SSSR count). The van der Waals surface area contributed by atoms with Crippen molar-refractivity contribution in [3.8, 4) is 11.9 Å². The maximum atomic E-state index is 13.3. The van der Waals surface area contributed by atoms with Crippen LogP contribution >= 0.6 is 23.2 Å². The van der Waals surface area contributed by atoms with Crippen LogP contribution in [0.25, 0.3) is 16.7 Å². The number of aromatic nitrogens is 2. The summed E-state index contributed by atoms with van der Waals surface area (Å²) in [6, 6.07) is 17.3. The van der Waals surface area contributed by atoms with Gasteiger partial charge < -0.3 is 9.67 Å². The second kappa shape index (κ2) is 8.75. The Morgan fingerprint density at radius 2 is 1.82 bits per heavy atom. The van der Waals surface area contributed by atoms with Gasteiger partial charge in [0.2, 0.25) is 0 Å². The van der Waals surface area contributed by atoms with Gasteiger partial charge in [-0.15, -0.1) is 0 Å². The summed E-state index contributed by atoms with van der Waals surface area (Å²) in [7, 11) is -4.29. The minimum atomic E-state index is -4.29. The van der Waals surface area contributed by atoms with Gasteiger partial charge in [-0.25, -0.2) is 13.4 Å². The SMILES string of the molecule is N#Cc1cccc(-n2ccc3cc(N(CC(=O)O)S(=O)(=O)c4cc(Cl)cc(Cl)c4)ccc32)n1. The second-order valence-electron chi connectivity index (χ2n) is 6.93. The minimum Gasteiger partial charge on any atom is -0.480 e. The Morgan fingerprint density at radius 3 is 2.48 bits per heavy atom. The zero-order valence-corrected chi connectivity index (χ0v) is 19.0. The Morgan fingerprint density at radius 1 is 1.09 bits per heavy atom. The van der Waals surface area contributed by atoms with Crippen molar-refractivity contribution in [2.75, 3.05) is 10.8 Å². The molecule has 0 aliphatic carbocycles. The predicted octanol–water partition coefficient (Wildman–Crippen LogP) is 4.48. The smallest absolute Gasteiger partial charge is 0.324 e. The van der Waals surface area contributed by atoms with Crippen LogP contribution in [0.4, 0.5) is 5.69 Å². The summed E-state index contributed by atoms with van der Waals surface area (Å²) < 4.78 is 29.1. The Kier molecular flexibility index (Phi) is 5.99. The Balaban J connectivity index is 1.82. The van der Waals surface area contributed by atoms with Gasteiger partial charge in [0.1, 0.15) is 24.1 Å². The third-order valence-electron chi connectivity index (χ3n) is 4.76. The van der Waals surface area contributed by atoms with E-state index >= 15 is 0 Å². The van der Waals surface area contributed by atoms with Crippen LogP contribution in [0, 0.1) is 11.3 Å². The van der Waals surface area contributed by atoms with Crippen LogP contribution in [0.15, 0.2) is 71.8 Å². The van der Waals surface area contributed by atoms with Gasteiger partial charge in [-0.3, -0.25) is 9.10 Å². The lowest BCUT2D eigenvalue weighted by molar-refractivity contribution is -0.135. The molecule has 0 saturated heterocycles. The molecule has 33 heavy (non-hydrogen) atoms. The molecule has 1 N–H and O–H groups in total. The number of rotatable bonds is 6. The highest BCUT2D eigenvalue weighted by Gasteiger charge is 2.28. The van der Waals surface area contributed by atoms with Crippen molar-refractivity contribution in [3.63, 3.8) is 0 Å². The number of carbonyl (C=O) groups is 1. The lowest BCUT2D eigenvalue weighted by Gasteiger charge is -2.23. The summed E-state index contributed by atoms with van der Waals surface area (Å²) in [5, 5.41) is 19.3. The van der Waals surface area contributed by atoms with E-state index in [-0.39, 0.29) is 26.3 Å². The third kappa shape index (κ3) is 4.50. The zero-order chi connectivity index (χ0) is 23.8. The summed E-state index contributed by atoms with van der Waals surface area (Å²) in [5.41, 5.74) is 1.10. The van der Waals surface area contributed by atoms with Gasteiger partial charge in [0.15, 0.2) is 0 Å². The van der Waals surface area contributed by atoms with Crippen LogP contribution in [-0.4, -0.2) is 35.6 Å². The van der Waals surface area contributed by atoms with E-state index in [4.69, 9.17) is 28.5 Å². The van der Waals surface area contributed by atoms with E-state index in [1.54, 1.807) is 47.2 Å². The van der Waals surface area contributed by atoms with Crippen molar-refractivity contribution in [2.45, 2.75) is 4.90 Å². The largest absolute Gasteiger partial charge is 0.480 e. The van der Waals surface area contributed by atoms with Gasteiger partial charge in [0.25, 0.3) is 10.0 Å². The molecule has 0 unspecified atom stereocenters. The molecule has 0 spiro atoms. The van der Waals surface area contributed by atoms with E-state index in [0.717, 1.165) is 4.31 Å². The molecular formula is C22H14Cl2N4O4S. The van der Waals surface area contributed by atoms with E-state index in [1.807, 2.05) is 6.07 Å². The number of carboxylic acid groups (broad SMARTS) is 1. The molecule has 2 aromatic heterocycles. The first-order chi connectivity index (χ1) is 15.7. The fourth-order valence-electron chi connectivity index (χ4n) is 3.35. The molecule has 0 fully saturated rings. The van der Waals surface area contributed by atoms with Crippen LogP contribution in [-0.2, 0) is 14.8 Å². The molecule has 0 saturated carbocycles. The molecule has 11 heteroatoms. The van der Waals surface area contributed by atoms with Crippen LogP contribution in [0.1, 0.15) is 5.69 Å². The molecule has 2 heterocycles. The van der Waals surface area contributed by atoms with Crippen LogP contribution < -0.4 is 4.31 Å². The first-order valence-electron chi connectivity index (χ1n) is 9.38. The highest BCUT2D eigenvalue weighted by atomic mass is 35.5. The maximum absolute atomic E-state index is 13.3. The summed E-state index contributed by atoms with van der Waals surface area (Å²) in [4.78, 5) is 15.6. The van der Waals surface area contributed by atoms with Gasteiger partial charge >= 0.3 is 5.97 Å². The van der Waals surface area contributed by atoms with Crippen molar-refractivity contribution in [1.29, 1.82) is 5.26 Å². The summed E-state index contributed by atoms with van der Waals surface area (Å²) in [6.07, 6.45) is 1.73. The Labute approximate surface area is 198 Å². The van der Waals surface area contributed by atoms with Gasteiger partial charge in [-0.05, 0) is 54.6 Å². The van der Waals surface area contributed by atoms with Gasteiger partial charge in [0.05, 0.1) is 16.1 Å². The van der Waals surface area contributed by atoms with Crippen LogP contribution in [0.2, 0.25) is 10.0 Å². The van der Waals surface area contributed by atoms with Crippen molar-refractivity contribution in [1.82, 2.24) is 9.55 Å². The third-order valence-corrected chi connectivity index (χ3v) is 6.95. The number of pyridine rings is 1. The minimum absolute atomic E-state index is 0.107. The molecule has 0 aliphatic heterocycles. The molecule has 8 nitrogen and oxygen atoms in total. The Hall–Kier alpha value is -3.58. The number of hydrogen-bond donors (Lipinski definition) is 1. The fourth-order valence-corrected chi connectivity index (χ4v) is 5.48. The molecular weight excluding hydrogens is 487 g/mol. The highest BCUT2D eigenvalue weighted by molar-refractivity contribution is 7.92. The van der Waals surface area contributed by atoms with E-state index in [1.165, 1.54) is 24.3 Å². The second-order valence-corrected chi connectivity index (χ2v) is 9.67. The number of fused-ring (bicyclic) bond motifs is 1. The summed E-state index contributed by atoms with van der Waals surface area (Å²) in [6.45, 7) is -0.801. The van der Waals surface area contributed by atoms with Crippen LogP contribution in [0.3, 0.4) is 0 Å². The van der Waals surface area contributed by atoms with Gasteiger partial charge in [-0.2, -0.15) is 5.26 Å². The number of nitriles is 1. The van der Waals surface area contributed by atoms with Crippen molar-refractivity contribution >= 4 is 55.8 Å². The van der Waals surface area contributed by atoms with E-state index in [9.17, 15) is 18.3 Å². The molecule has 166 valence electrons. The molecule has 0 radical (unpaired) electrons. The number of nitrogens with zero attached hydrogens (tertiary/aromatic N) is 4. The summed E-state index contributed by atoms with van der Waals surface area (Å²) >= 11 is 11.9.